The van der Waals surface area contributed by atoms with Crippen molar-refractivity contribution in [1.29, 1.82) is 0 Å². The van der Waals surface area contributed by atoms with Crippen molar-refractivity contribution >= 4 is 39.0 Å². The lowest BCUT2D eigenvalue weighted by Gasteiger charge is -2.40. The molecular weight excluding hydrogens is 487 g/mol. The predicted molar refractivity (Wildman–Crippen MR) is 134 cm³/mol. The summed E-state index contributed by atoms with van der Waals surface area (Å²) in [5.74, 6) is -0.290. The maximum absolute atomic E-state index is 13.0. The molecule has 0 unspecified atom stereocenters. The number of carbonyl (C=O) groups excluding carboxylic acids is 1. The highest BCUT2D eigenvalue weighted by molar-refractivity contribution is 7.19. The monoisotopic (exact) mass is 514 g/mol. The Hall–Kier alpha value is -3.42. The van der Waals surface area contributed by atoms with Crippen LogP contribution >= 0.6 is 11.3 Å². The molecule has 13 heteroatoms. The van der Waals surface area contributed by atoms with Crippen LogP contribution < -0.4 is 20.4 Å². The van der Waals surface area contributed by atoms with Crippen molar-refractivity contribution in [1.82, 2.24) is 20.4 Å². The first-order valence-electron chi connectivity index (χ1n) is 11.6. The van der Waals surface area contributed by atoms with Crippen LogP contribution in [-0.4, -0.2) is 78.8 Å². The van der Waals surface area contributed by atoms with Gasteiger partial charge in [0.25, 0.3) is 5.91 Å². The Morgan fingerprint density at radius 3 is 2.67 bits per heavy atom. The van der Waals surface area contributed by atoms with Crippen LogP contribution in [0.3, 0.4) is 0 Å². The van der Waals surface area contributed by atoms with E-state index in [-0.39, 0.29) is 18.1 Å². The van der Waals surface area contributed by atoms with Crippen LogP contribution in [0, 0.1) is 5.95 Å². The van der Waals surface area contributed by atoms with E-state index in [1.807, 2.05) is 29.2 Å². The third-order valence-electron chi connectivity index (χ3n) is 6.31. The molecule has 0 saturated carbocycles. The zero-order valence-corrected chi connectivity index (χ0v) is 20.7. The van der Waals surface area contributed by atoms with Crippen molar-refractivity contribution in [2.24, 2.45) is 0 Å². The lowest BCUT2D eigenvalue weighted by Crippen LogP contribution is -2.51. The maximum atomic E-state index is 13.0. The predicted octanol–water partition coefficient (Wildman–Crippen LogP) is 2.32. The molecule has 0 spiro atoms. The number of ether oxygens (including phenoxy) is 2. The van der Waals surface area contributed by atoms with E-state index >= 15 is 0 Å². The van der Waals surface area contributed by atoms with Crippen molar-refractivity contribution in [3.63, 3.8) is 0 Å². The molecule has 0 bridgehead atoms. The normalized spacial score (nSPS) is 18.7. The minimum atomic E-state index is -0.787. The molecule has 2 atom stereocenters. The van der Waals surface area contributed by atoms with E-state index in [0.717, 1.165) is 37.3 Å². The third-order valence-corrected chi connectivity index (χ3v) is 7.08. The zero-order valence-electron chi connectivity index (χ0n) is 19.9. The summed E-state index contributed by atoms with van der Waals surface area (Å²) in [6, 6.07) is 10.8. The van der Waals surface area contributed by atoms with Crippen LogP contribution in [0.25, 0.3) is 0 Å². The molecule has 11 nitrogen and oxygen atoms in total. The van der Waals surface area contributed by atoms with Crippen molar-refractivity contribution in [2.45, 2.75) is 24.7 Å². The minimum absolute atomic E-state index is 0.113. The smallest absolute Gasteiger partial charge is 0.259 e. The van der Waals surface area contributed by atoms with E-state index in [9.17, 15) is 9.18 Å². The van der Waals surface area contributed by atoms with Crippen LogP contribution in [-0.2, 0) is 14.3 Å². The molecule has 0 aliphatic carbocycles. The summed E-state index contributed by atoms with van der Waals surface area (Å²) >= 11 is 1.25. The minimum Gasteiger partial charge on any atom is -0.378 e. The summed E-state index contributed by atoms with van der Waals surface area (Å²) in [6.07, 6.45) is 0.300. The van der Waals surface area contributed by atoms with Crippen molar-refractivity contribution in [3.05, 3.63) is 47.9 Å². The Bertz CT molecular complexity index is 1190. The zero-order chi connectivity index (χ0) is 25.1. The van der Waals surface area contributed by atoms with Gasteiger partial charge in [-0.3, -0.25) is 10.1 Å². The lowest BCUT2D eigenvalue weighted by atomic mass is 10.0. The van der Waals surface area contributed by atoms with Crippen LogP contribution in [0.2, 0.25) is 0 Å². The Morgan fingerprint density at radius 1 is 1.08 bits per heavy atom. The molecule has 2 aliphatic heterocycles. The standard InChI is InChI=1S/C23H27FN8O3S/c1-34-17-12-32(13-17)16-5-3-4-14(10-16)20(35-2)21(33)26-23-30-29-22(36-23)25-15-8-9-31(11-15)19-7-6-18(24)27-28-19/h3-7,10,15,17,20H,8-9,11-13H2,1-2H3,(H,25,29)(H,26,30,33)/t15-,20-/m1/s1. The van der Waals surface area contributed by atoms with E-state index in [0.29, 0.717) is 22.6 Å². The number of halogens is 1. The first-order chi connectivity index (χ1) is 17.5. The molecule has 2 fully saturated rings. The first-order valence-corrected chi connectivity index (χ1v) is 12.4. The number of benzene rings is 1. The molecule has 5 rings (SSSR count). The molecular formula is C23H27FN8O3S. The van der Waals surface area contributed by atoms with Gasteiger partial charge in [0.15, 0.2) is 11.9 Å². The Balaban J connectivity index is 1.17. The van der Waals surface area contributed by atoms with Crippen LogP contribution in [0.4, 0.5) is 26.2 Å². The quantitative estimate of drug-likeness (QED) is 0.440. The van der Waals surface area contributed by atoms with E-state index in [1.54, 1.807) is 13.2 Å². The third kappa shape index (κ3) is 5.37. The fourth-order valence-corrected chi connectivity index (χ4v) is 5.04. The van der Waals surface area contributed by atoms with Gasteiger partial charge >= 0.3 is 0 Å². The van der Waals surface area contributed by atoms with Crippen molar-refractivity contribution in [3.8, 4) is 0 Å². The highest BCUT2D eigenvalue weighted by atomic mass is 32.1. The number of rotatable bonds is 9. The molecule has 4 heterocycles. The van der Waals surface area contributed by atoms with Gasteiger partial charge in [0.05, 0.1) is 6.10 Å². The molecule has 3 aromatic rings. The number of hydrogen-bond acceptors (Lipinski definition) is 11. The highest BCUT2D eigenvalue weighted by Gasteiger charge is 2.29. The van der Waals surface area contributed by atoms with Crippen molar-refractivity contribution in [2.75, 3.05) is 60.8 Å². The number of nitrogens with zero attached hydrogens (tertiary/aromatic N) is 6. The molecule has 2 aliphatic rings. The van der Waals surface area contributed by atoms with Gasteiger partial charge in [-0.25, -0.2) is 0 Å². The molecule has 2 N–H and O–H groups in total. The average molecular weight is 515 g/mol. The van der Waals surface area contributed by atoms with E-state index in [4.69, 9.17) is 9.47 Å². The Kier molecular flexibility index (Phi) is 7.20. The van der Waals surface area contributed by atoms with Gasteiger partial charge in [0.2, 0.25) is 16.2 Å². The second kappa shape index (κ2) is 10.7. The summed E-state index contributed by atoms with van der Waals surface area (Å²) in [5, 5.41) is 22.8. The fourth-order valence-electron chi connectivity index (χ4n) is 4.32. The van der Waals surface area contributed by atoms with E-state index in [1.165, 1.54) is 24.5 Å². The van der Waals surface area contributed by atoms with Gasteiger partial charge in [-0.15, -0.1) is 20.4 Å². The summed E-state index contributed by atoms with van der Waals surface area (Å²) in [4.78, 5) is 17.2. The Labute approximate surface area is 211 Å². The number of aromatic nitrogens is 4. The molecule has 1 aromatic carbocycles. The number of hydrogen-bond donors (Lipinski definition) is 2. The summed E-state index contributed by atoms with van der Waals surface area (Å²) < 4.78 is 23.9. The SMILES string of the molecule is COC1CN(c2cccc([C@@H](OC)C(=O)Nc3nnc(N[C@@H]4CCN(c5ccc(F)nn5)C4)s3)c2)C1. The van der Waals surface area contributed by atoms with Crippen molar-refractivity contribution < 1.29 is 18.7 Å². The largest absolute Gasteiger partial charge is 0.378 e. The Morgan fingerprint density at radius 2 is 1.92 bits per heavy atom. The molecule has 2 saturated heterocycles. The van der Waals surface area contributed by atoms with E-state index in [2.05, 4.69) is 35.9 Å². The van der Waals surface area contributed by atoms with Gasteiger partial charge in [-0.05, 0) is 36.2 Å². The fraction of sp³-hybridized carbons (Fsp3) is 0.435. The number of anilines is 4. The van der Waals surface area contributed by atoms with Crippen LogP contribution in [0.15, 0.2) is 36.4 Å². The van der Waals surface area contributed by atoms with Crippen LogP contribution in [0.1, 0.15) is 18.1 Å². The second-order valence-corrected chi connectivity index (χ2v) is 9.64. The number of amides is 1. The summed E-state index contributed by atoms with van der Waals surface area (Å²) in [7, 11) is 3.22. The van der Waals surface area contributed by atoms with Gasteiger partial charge in [0, 0.05) is 52.1 Å². The summed E-state index contributed by atoms with van der Waals surface area (Å²) in [6.45, 7) is 3.07. The van der Waals surface area contributed by atoms with Crippen LogP contribution in [0.5, 0.6) is 0 Å². The number of carbonyl (C=O) groups is 1. The van der Waals surface area contributed by atoms with Gasteiger partial charge in [-0.1, -0.05) is 23.5 Å². The van der Waals surface area contributed by atoms with Gasteiger partial charge < -0.3 is 24.6 Å². The van der Waals surface area contributed by atoms with E-state index < -0.39 is 12.1 Å². The number of nitrogens with one attached hydrogen (secondary N) is 2. The van der Waals surface area contributed by atoms with Gasteiger partial charge in [-0.2, -0.15) is 4.39 Å². The average Bonchev–Trinajstić information content (AvgIpc) is 3.49. The summed E-state index contributed by atoms with van der Waals surface area (Å²) in [5.41, 5.74) is 1.78. The number of methoxy groups -OCH3 is 2. The first kappa shape index (κ1) is 24.3. The topological polar surface area (TPSA) is 118 Å². The highest BCUT2D eigenvalue weighted by Crippen LogP contribution is 2.29. The van der Waals surface area contributed by atoms with Gasteiger partial charge in [0.1, 0.15) is 0 Å². The second-order valence-electron chi connectivity index (χ2n) is 8.67. The lowest BCUT2D eigenvalue weighted by molar-refractivity contribution is -0.126. The molecule has 2 aromatic heterocycles. The molecule has 0 radical (unpaired) electrons. The molecule has 36 heavy (non-hydrogen) atoms. The maximum Gasteiger partial charge on any atom is 0.259 e. The molecule has 190 valence electrons. The molecule has 1 amide bonds.